The van der Waals surface area contributed by atoms with Crippen LogP contribution in [0.3, 0.4) is 0 Å². The van der Waals surface area contributed by atoms with Crippen molar-refractivity contribution in [3.63, 3.8) is 0 Å². The van der Waals surface area contributed by atoms with Crippen LogP contribution in [0.5, 0.6) is 5.75 Å². The lowest BCUT2D eigenvalue weighted by Gasteiger charge is -2.42. The van der Waals surface area contributed by atoms with E-state index in [-0.39, 0.29) is 10.6 Å². The highest BCUT2D eigenvalue weighted by atomic mass is 32.2. The molecule has 0 saturated carbocycles. The number of hydrogen-bond donors (Lipinski definition) is 0. The van der Waals surface area contributed by atoms with E-state index >= 15 is 0 Å². The summed E-state index contributed by atoms with van der Waals surface area (Å²) in [5, 5.41) is 10.5. The summed E-state index contributed by atoms with van der Waals surface area (Å²) in [5.41, 5.74) is 3.92. The minimum atomic E-state index is -0.761. The SMILES string of the molecule is CCN1c2ccccc2SC12Oc1ccc([N+](=O)[O-])cc1C=C2c1ccccc1. The molecule has 1 spiro atoms. The van der Waals surface area contributed by atoms with Gasteiger partial charge in [0.05, 0.1) is 10.6 Å². The van der Waals surface area contributed by atoms with E-state index < -0.39 is 5.06 Å². The van der Waals surface area contributed by atoms with E-state index in [9.17, 15) is 10.1 Å². The van der Waals surface area contributed by atoms with Crippen LogP contribution < -0.4 is 9.64 Å². The van der Waals surface area contributed by atoms with Gasteiger partial charge in [-0.25, -0.2) is 0 Å². The molecule has 5 nitrogen and oxygen atoms in total. The number of para-hydroxylation sites is 1. The van der Waals surface area contributed by atoms with Crippen LogP contribution in [0.2, 0.25) is 0 Å². The summed E-state index contributed by atoms with van der Waals surface area (Å²) >= 11 is 1.67. The van der Waals surface area contributed by atoms with Gasteiger partial charge in [-0.15, -0.1) is 0 Å². The van der Waals surface area contributed by atoms with Gasteiger partial charge >= 0.3 is 0 Å². The quantitative estimate of drug-likeness (QED) is 0.408. The number of benzene rings is 3. The van der Waals surface area contributed by atoms with Gasteiger partial charge in [-0.1, -0.05) is 42.5 Å². The number of anilines is 1. The average molecular weight is 402 g/mol. The van der Waals surface area contributed by atoms with Crippen molar-refractivity contribution in [3.8, 4) is 5.75 Å². The minimum absolute atomic E-state index is 0.0571. The number of nitro benzene ring substituents is 1. The summed E-state index contributed by atoms with van der Waals surface area (Å²) in [6.07, 6.45) is 2.03. The zero-order valence-corrected chi connectivity index (χ0v) is 16.6. The summed E-state index contributed by atoms with van der Waals surface area (Å²) < 4.78 is 6.67. The fraction of sp³-hybridized carbons (Fsp3) is 0.130. The second-order valence-corrected chi connectivity index (χ2v) is 8.10. The number of rotatable bonds is 3. The second kappa shape index (κ2) is 6.67. The summed E-state index contributed by atoms with van der Waals surface area (Å²) in [6, 6.07) is 23.1. The molecular weight excluding hydrogens is 384 g/mol. The topological polar surface area (TPSA) is 55.6 Å². The smallest absolute Gasteiger partial charge is 0.270 e. The molecule has 144 valence electrons. The first-order valence-corrected chi connectivity index (χ1v) is 10.2. The van der Waals surface area contributed by atoms with Gasteiger partial charge in [-0.2, -0.15) is 0 Å². The van der Waals surface area contributed by atoms with E-state index in [1.165, 1.54) is 6.07 Å². The van der Waals surface area contributed by atoms with Crippen molar-refractivity contribution >= 4 is 34.8 Å². The maximum absolute atomic E-state index is 11.3. The van der Waals surface area contributed by atoms with E-state index in [2.05, 4.69) is 36.1 Å². The van der Waals surface area contributed by atoms with Gasteiger partial charge in [0.15, 0.2) is 0 Å². The molecule has 0 aromatic heterocycles. The molecular formula is C23H18N2O3S. The van der Waals surface area contributed by atoms with E-state index in [0.29, 0.717) is 5.75 Å². The van der Waals surface area contributed by atoms with Crippen LogP contribution in [-0.2, 0) is 0 Å². The van der Waals surface area contributed by atoms with Gasteiger partial charge in [0.1, 0.15) is 5.75 Å². The molecule has 1 unspecified atom stereocenters. The Morgan fingerprint density at radius 1 is 1.07 bits per heavy atom. The first kappa shape index (κ1) is 17.8. The van der Waals surface area contributed by atoms with Crippen molar-refractivity contribution in [1.82, 2.24) is 0 Å². The number of ether oxygens (including phenoxy) is 1. The van der Waals surface area contributed by atoms with Crippen molar-refractivity contribution in [2.45, 2.75) is 16.9 Å². The van der Waals surface area contributed by atoms with Crippen molar-refractivity contribution in [2.75, 3.05) is 11.4 Å². The lowest BCUT2D eigenvalue weighted by Crippen LogP contribution is -2.50. The van der Waals surface area contributed by atoms with E-state index in [4.69, 9.17) is 4.74 Å². The molecule has 0 saturated heterocycles. The fourth-order valence-corrected chi connectivity index (χ4v) is 5.46. The molecule has 0 bridgehead atoms. The van der Waals surface area contributed by atoms with Crippen LogP contribution in [0.25, 0.3) is 11.6 Å². The molecule has 0 fully saturated rings. The molecule has 0 radical (unpaired) electrons. The molecule has 29 heavy (non-hydrogen) atoms. The monoisotopic (exact) mass is 402 g/mol. The Morgan fingerprint density at radius 3 is 2.59 bits per heavy atom. The van der Waals surface area contributed by atoms with Crippen molar-refractivity contribution in [1.29, 1.82) is 0 Å². The molecule has 0 aliphatic carbocycles. The van der Waals surface area contributed by atoms with Gasteiger partial charge in [-0.05, 0) is 48.5 Å². The zero-order chi connectivity index (χ0) is 20.0. The standard InChI is InChI=1S/C23H18N2O3S/c1-2-24-20-10-6-7-11-22(20)29-23(24)19(16-8-4-3-5-9-16)15-17-14-18(25(26)27)12-13-21(17)28-23/h3-15H,2H2,1H3. The third kappa shape index (κ3) is 2.71. The number of hydrogen-bond acceptors (Lipinski definition) is 5. The predicted octanol–water partition coefficient (Wildman–Crippen LogP) is 5.81. The van der Waals surface area contributed by atoms with E-state index in [0.717, 1.165) is 33.8 Å². The number of non-ortho nitro benzene ring substituents is 1. The van der Waals surface area contributed by atoms with Crippen LogP contribution in [-0.4, -0.2) is 16.5 Å². The highest BCUT2D eigenvalue weighted by Crippen LogP contribution is 2.58. The molecule has 3 aromatic carbocycles. The number of nitro groups is 1. The molecule has 0 amide bonds. The minimum Gasteiger partial charge on any atom is -0.453 e. The number of nitrogens with zero attached hydrogens (tertiary/aromatic N) is 2. The number of likely N-dealkylation sites (N-methyl/N-ethyl adjacent to an activating group) is 1. The normalized spacial score (nSPS) is 19.3. The second-order valence-electron chi connectivity index (χ2n) is 6.90. The van der Waals surface area contributed by atoms with Crippen LogP contribution in [0.15, 0.2) is 77.7 Å². The molecule has 2 aliphatic rings. The zero-order valence-electron chi connectivity index (χ0n) is 15.7. The van der Waals surface area contributed by atoms with Crippen LogP contribution in [0, 0.1) is 10.1 Å². The Bertz CT molecular complexity index is 1150. The van der Waals surface area contributed by atoms with Gasteiger partial charge in [-0.3, -0.25) is 10.1 Å². The van der Waals surface area contributed by atoms with Gasteiger partial charge in [0.2, 0.25) is 0 Å². The molecule has 2 aliphatic heterocycles. The van der Waals surface area contributed by atoms with Crippen molar-refractivity contribution in [3.05, 3.63) is 94.0 Å². The molecule has 0 N–H and O–H groups in total. The summed E-state index contributed by atoms with van der Waals surface area (Å²) in [6.45, 7) is 2.87. The van der Waals surface area contributed by atoms with Gasteiger partial charge in [0.25, 0.3) is 10.7 Å². The summed E-state index contributed by atoms with van der Waals surface area (Å²) in [7, 11) is 0. The summed E-state index contributed by atoms with van der Waals surface area (Å²) in [5.74, 6) is 0.647. The Morgan fingerprint density at radius 2 is 1.83 bits per heavy atom. The average Bonchev–Trinajstić information content (AvgIpc) is 3.06. The molecule has 5 rings (SSSR count). The van der Waals surface area contributed by atoms with E-state index in [1.807, 2.05) is 36.4 Å². The maximum Gasteiger partial charge on any atom is 0.270 e. The lowest BCUT2D eigenvalue weighted by atomic mass is 9.97. The Labute approximate surface area is 172 Å². The largest absolute Gasteiger partial charge is 0.453 e. The van der Waals surface area contributed by atoms with Crippen molar-refractivity contribution < 1.29 is 9.66 Å². The first-order valence-electron chi connectivity index (χ1n) is 9.43. The van der Waals surface area contributed by atoms with Crippen LogP contribution in [0.1, 0.15) is 18.1 Å². The Hall–Kier alpha value is -3.25. The molecule has 6 heteroatoms. The molecule has 2 heterocycles. The van der Waals surface area contributed by atoms with E-state index in [1.54, 1.807) is 23.9 Å². The Kier molecular flexibility index (Phi) is 4.10. The van der Waals surface area contributed by atoms with Crippen LogP contribution >= 0.6 is 11.8 Å². The molecule has 3 aromatic rings. The Balaban J connectivity index is 1.74. The van der Waals surface area contributed by atoms with Gasteiger partial charge < -0.3 is 9.64 Å². The maximum atomic E-state index is 11.3. The highest BCUT2D eigenvalue weighted by molar-refractivity contribution is 8.01. The van der Waals surface area contributed by atoms with Crippen LogP contribution in [0.4, 0.5) is 11.4 Å². The summed E-state index contributed by atoms with van der Waals surface area (Å²) in [4.78, 5) is 14.3. The lowest BCUT2D eigenvalue weighted by molar-refractivity contribution is -0.384. The third-order valence-corrected chi connectivity index (χ3v) is 6.62. The van der Waals surface area contributed by atoms with Crippen molar-refractivity contribution in [2.24, 2.45) is 0 Å². The van der Waals surface area contributed by atoms with Gasteiger partial charge in [0, 0.05) is 34.7 Å². The molecule has 1 atom stereocenters. The fourth-order valence-electron chi connectivity index (χ4n) is 3.97. The number of fused-ring (bicyclic) bond motifs is 2. The first-order chi connectivity index (χ1) is 14.1. The number of thioether (sulfide) groups is 1. The predicted molar refractivity (Wildman–Crippen MR) is 116 cm³/mol. The third-order valence-electron chi connectivity index (χ3n) is 5.25. The highest BCUT2D eigenvalue weighted by Gasteiger charge is 2.51.